The van der Waals surface area contributed by atoms with Crippen LogP contribution in [0.5, 0.6) is 28.7 Å². The molecule has 4 aliphatic heterocycles. The Kier molecular flexibility index (Phi) is 25.8. The molecule has 4 aliphatic rings. The highest BCUT2D eigenvalue weighted by atomic mass is 32.2. The van der Waals surface area contributed by atoms with E-state index >= 15 is 0 Å². The monoisotopic (exact) mass is 1160 g/mol. The van der Waals surface area contributed by atoms with Crippen LogP contribution in [0.3, 0.4) is 0 Å². The molecule has 0 N–H and O–H groups in total. The van der Waals surface area contributed by atoms with Gasteiger partial charge < -0.3 is 66.8 Å². The molecule has 21 heteroatoms. The van der Waals surface area contributed by atoms with Crippen molar-refractivity contribution in [3.05, 3.63) is 82.2 Å². The van der Waals surface area contributed by atoms with Gasteiger partial charge in [-0.3, -0.25) is 29.5 Å². The number of thioether (sulfide) groups is 1. The second-order valence-electron chi connectivity index (χ2n) is 21.1. The first-order chi connectivity index (χ1) is 39.8. The van der Waals surface area contributed by atoms with E-state index < -0.39 is 0 Å². The van der Waals surface area contributed by atoms with Gasteiger partial charge in [0.2, 0.25) is 5.91 Å². The number of amides is 2. The fraction of sp³-hybridized carbons (Fsp3) is 0.590. The van der Waals surface area contributed by atoms with Gasteiger partial charge in [0.05, 0.1) is 134 Å². The van der Waals surface area contributed by atoms with Gasteiger partial charge in [-0.05, 0) is 71.5 Å². The number of ether oxygens (including phenoxy) is 11. The zero-order valence-corrected chi connectivity index (χ0v) is 50.6. The Morgan fingerprint density at radius 3 is 1.87 bits per heavy atom. The quantitative estimate of drug-likeness (QED) is 0.0406. The highest BCUT2D eigenvalue weighted by Crippen LogP contribution is 2.41. The van der Waals surface area contributed by atoms with E-state index in [0.717, 1.165) is 50.3 Å². The minimum absolute atomic E-state index is 0.00561. The average Bonchev–Trinajstić information content (AvgIpc) is 3.89. The Morgan fingerprint density at radius 2 is 1.22 bits per heavy atom. The van der Waals surface area contributed by atoms with E-state index in [9.17, 15) is 9.59 Å². The third-order valence-electron chi connectivity index (χ3n) is 14.7. The first kappa shape index (κ1) is 64.0. The molecular formula is C61H87N7O13S. The van der Waals surface area contributed by atoms with Crippen molar-refractivity contribution >= 4 is 47.4 Å². The fourth-order valence-corrected chi connectivity index (χ4v) is 10.3. The normalized spacial score (nSPS) is 17.7. The predicted octanol–water partition coefficient (Wildman–Crippen LogP) is 7.77. The van der Waals surface area contributed by atoms with Crippen LogP contribution < -0.4 is 23.7 Å². The Hall–Kier alpha value is -5.62. The van der Waals surface area contributed by atoms with Crippen LogP contribution in [0, 0.1) is 0 Å². The first-order valence-electron chi connectivity index (χ1n) is 28.5. The third kappa shape index (κ3) is 19.2. The number of hydrogen-bond donors (Lipinski definition) is 0. The molecule has 0 aliphatic carbocycles. The number of nitrogens with zero attached hydrogens (tertiary/aromatic N) is 7. The number of hydrogen-bond acceptors (Lipinski definition) is 19. The van der Waals surface area contributed by atoms with E-state index in [4.69, 9.17) is 67.1 Å². The van der Waals surface area contributed by atoms with Crippen LogP contribution in [-0.4, -0.2) is 219 Å². The number of carbonyl (C=O) groups excluding carboxylic acids is 2. The lowest BCUT2D eigenvalue weighted by Gasteiger charge is -2.28. The van der Waals surface area contributed by atoms with E-state index in [1.54, 1.807) is 44.4 Å². The van der Waals surface area contributed by atoms with Gasteiger partial charge in [0.25, 0.3) is 5.91 Å². The molecule has 2 fully saturated rings. The molecule has 5 heterocycles. The average molecular weight is 1160 g/mol. The summed E-state index contributed by atoms with van der Waals surface area (Å²) in [5.41, 5.74) is 6.52. The van der Waals surface area contributed by atoms with Crippen molar-refractivity contribution in [2.24, 2.45) is 9.98 Å². The number of carbonyl (C=O) groups is 2. The minimum Gasteiger partial charge on any atom is -0.493 e. The molecule has 2 atom stereocenters. The van der Waals surface area contributed by atoms with E-state index in [-0.39, 0.29) is 68.0 Å². The molecule has 2 aromatic carbocycles. The number of allylic oxidation sites excluding steroid dienone is 2. The zero-order chi connectivity index (χ0) is 58.3. The first-order valence-corrected chi connectivity index (χ1v) is 29.7. The summed E-state index contributed by atoms with van der Waals surface area (Å²) in [6.45, 7) is 18.0. The Labute approximate surface area is 489 Å². The van der Waals surface area contributed by atoms with Crippen LogP contribution in [-0.2, 0) is 53.0 Å². The number of pyridine rings is 1. The van der Waals surface area contributed by atoms with Gasteiger partial charge in [0.1, 0.15) is 25.6 Å². The molecule has 2 unspecified atom stereocenters. The van der Waals surface area contributed by atoms with Crippen LogP contribution >= 0.6 is 11.8 Å². The van der Waals surface area contributed by atoms with Gasteiger partial charge in [-0.1, -0.05) is 23.3 Å². The number of methoxy groups -OCH3 is 3. The molecule has 0 radical (unpaired) electrons. The molecule has 82 heavy (non-hydrogen) atoms. The summed E-state index contributed by atoms with van der Waals surface area (Å²) in [5, 5.41) is 0. The number of aromatic nitrogens is 1. The topological polar surface area (TPSA) is 186 Å². The van der Waals surface area contributed by atoms with Crippen molar-refractivity contribution < 1.29 is 61.7 Å². The van der Waals surface area contributed by atoms with Crippen molar-refractivity contribution in [2.75, 3.05) is 153 Å². The molecule has 0 saturated carbocycles. The summed E-state index contributed by atoms with van der Waals surface area (Å²) in [6.07, 6.45) is 12.1. The van der Waals surface area contributed by atoms with Crippen LogP contribution in [0.25, 0.3) is 0 Å². The van der Waals surface area contributed by atoms with E-state index in [0.29, 0.717) is 131 Å². The summed E-state index contributed by atoms with van der Waals surface area (Å²) in [7, 11) is 6.91. The molecule has 20 nitrogen and oxygen atoms in total. The number of likely N-dealkylation sites (N-methyl/N-ethyl adjacent to an activating group) is 1. The smallest absolute Gasteiger partial charge is 0.257 e. The molecule has 2 amide bonds. The van der Waals surface area contributed by atoms with Gasteiger partial charge in [0, 0.05) is 93.9 Å². The third-order valence-corrected chi connectivity index (χ3v) is 15.9. The molecule has 0 bridgehead atoms. The van der Waals surface area contributed by atoms with Crippen molar-refractivity contribution in [2.45, 2.75) is 83.5 Å². The SMILES string of the molecule is CC=C1CC2C=Nc3cc(OCc4cc(OCCN(CCOCCOCCN(C)CC(C)(C)SC)C(=O)CCOCCOCCOCCOC)cc(COc5cc6c(cc5OC)C(=O)N5CC(=CC)CC5C=N6)n4)c(OC)cc3CN2C1. The second-order valence-corrected chi connectivity index (χ2v) is 22.6. The Bertz CT molecular complexity index is 2670. The summed E-state index contributed by atoms with van der Waals surface area (Å²) in [4.78, 5) is 50.6. The van der Waals surface area contributed by atoms with Crippen LogP contribution in [0.1, 0.15) is 74.3 Å². The summed E-state index contributed by atoms with van der Waals surface area (Å²) < 4.78 is 65.0. The standard InChI is InChI=1S/C61H87N7O13S/c1-10-44-28-49-36-62-53-34-57(55(72-7)30-46(53)40-67(49)38-44)80-41-47-31-51(32-48(64-47)42-81-58-35-54-52(33-56(58)73-8)60(70)68-39-45(11-2)29-50(68)37-63-54)79-19-15-66(59(69)12-16-74-22-25-78-27-26-77-21-20-71-6)14-18-76-24-23-75-17-13-65(5)43-61(3,4)82-9/h10-11,30-37,49-50H,12-29,38-43H2,1-9H3. The molecule has 450 valence electrons. The maximum absolute atomic E-state index is 13.8. The maximum Gasteiger partial charge on any atom is 0.257 e. The molecule has 2 saturated heterocycles. The molecule has 0 spiro atoms. The molecule has 3 aromatic rings. The summed E-state index contributed by atoms with van der Waals surface area (Å²) in [5.74, 6) is 2.17. The largest absolute Gasteiger partial charge is 0.493 e. The lowest BCUT2D eigenvalue weighted by Crippen LogP contribution is -2.38. The van der Waals surface area contributed by atoms with Crippen LogP contribution in [0.15, 0.2) is 69.7 Å². The number of aliphatic imine (C=N–C) groups is 2. The van der Waals surface area contributed by atoms with E-state index in [1.165, 1.54) is 11.1 Å². The Balaban J connectivity index is 1.03. The lowest BCUT2D eigenvalue weighted by atomic mass is 10.1. The molecule has 1 aromatic heterocycles. The number of benzene rings is 2. The molecule has 7 rings (SSSR count). The van der Waals surface area contributed by atoms with Crippen molar-refractivity contribution in [3.8, 4) is 28.7 Å². The highest BCUT2D eigenvalue weighted by molar-refractivity contribution is 7.99. The Morgan fingerprint density at radius 1 is 0.659 bits per heavy atom. The van der Waals surface area contributed by atoms with Gasteiger partial charge in [0.15, 0.2) is 23.0 Å². The van der Waals surface area contributed by atoms with Gasteiger partial charge in [-0.15, -0.1) is 0 Å². The van der Waals surface area contributed by atoms with Crippen molar-refractivity contribution in [1.29, 1.82) is 0 Å². The highest BCUT2D eigenvalue weighted by Gasteiger charge is 2.35. The van der Waals surface area contributed by atoms with E-state index in [2.05, 4.69) is 56.0 Å². The van der Waals surface area contributed by atoms with E-state index in [1.807, 2.05) is 54.2 Å². The van der Waals surface area contributed by atoms with Crippen LogP contribution in [0.4, 0.5) is 11.4 Å². The minimum atomic E-state index is -0.126. The maximum atomic E-state index is 13.8. The van der Waals surface area contributed by atoms with Gasteiger partial charge in [-0.25, -0.2) is 0 Å². The van der Waals surface area contributed by atoms with Crippen molar-refractivity contribution in [1.82, 2.24) is 24.6 Å². The summed E-state index contributed by atoms with van der Waals surface area (Å²) >= 11 is 1.85. The predicted molar refractivity (Wildman–Crippen MR) is 319 cm³/mol. The lowest BCUT2D eigenvalue weighted by molar-refractivity contribution is -0.133. The fourth-order valence-electron chi connectivity index (χ4n) is 9.93. The number of rotatable bonds is 36. The van der Waals surface area contributed by atoms with Crippen molar-refractivity contribution in [3.63, 3.8) is 0 Å². The van der Waals surface area contributed by atoms with Gasteiger partial charge >= 0.3 is 0 Å². The summed E-state index contributed by atoms with van der Waals surface area (Å²) in [6, 6.07) is 11.1. The van der Waals surface area contributed by atoms with Gasteiger partial charge in [-0.2, -0.15) is 11.8 Å². The van der Waals surface area contributed by atoms with Crippen LogP contribution in [0.2, 0.25) is 0 Å². The number of fused-ring (bicyclic) bond motifs is 4. The molecular weight excluding hydrogens is 1070 g/mol. The zero-order valence-electron chi connectivity index (χ0n) is 49.7. The second kappa shape index (κ2) is 33.0.